The first kappa shape index (κ1) is 13.6. The number of likely N-dealkylation sites (tertiary alicyclic amines) is 1. The lowest BCUT2D eigenvalue weighted by molar-refractivity contribution is 0.169. The Bertz CT molecular complexity index is 261. The average molecular weight is 255 g/mol. The molecular weight excluding hydrogens is 230 g/mol. The first-order chi connectivity index (χ1) is 8.75. The smallest absolute Gasteiger partial charge is 0.315 e. The van der Waals surface area contributed by atoms with Crippen molar-refractivity contribution in [3.8, 4) is 0 Å². The molecule has 5 nitrogen and oxygen atoms in total. The van der Waals surface area contributed by atoms with E-state index in [4.69, 9.17) is 4.74 Å². The van der Waals surface area contributed by atoms with Gasteiger partial charge in [0.2, 0.25) is 0 Å². The minimum atomic E-state index is -0.0608. The van der Waals surface area contributed by atoms with Crippen LogP contribution in [0.5, 0.6) is 0 Å². The van der Waals surface area contributed by atoms with E-state index in [0.717, 1.165) is 19.6 Å². The van der Waals surface area contributed by atoms with Gasteiger partial charge in [0, 0.05) is 19.2 Å². The van der Waals surface area contributed by atoms with Crippen LogP contribution in [-0.2, 0) is 4.74 Å². The molecule has 2 heterocycles. The Kier molecular flexibility index (Phi) is 5.26. The summed E-state index contributed by atoms with van der Waals surface area (Å²) in [5.41, 5.74) is 0. The minimum Gasteiger partial charge on any atom is -0.379 e. The van der Waals surface area contributed by atoms with Crippen molar-refractivity contribution in [3.63, 3.8) is 0 Å². The molecule has 2 aliphatic heterocycles. The number of carbonyl (C=O) groups excluding carboxylic acids is 1. The first-order valence-corrected chi connectivity index (χ1v) is 7.12. The third kappa shape index (κ3) is 4.14. The molecule has 0 aliphatic carbocycles. The zero-order valence-electron chi connectivity index (χ0n) is 11.3. The summed E-state index contributed by atoms with van der Waals surface area (Å²) < 4.78 is 5.23. The molecule has 2 saturated heterocycles. The molecule has 5 heteroatoms. The van der Waals surface area contributed by atoms with Crippen LogP contribution < -0.4 is 10.6 Å². The van der Waals surface area contributed by atoms with Crippen LogP contribution >= 0.6 is 0 Å². The van der Waals surface area contributed by atoms with E-state index in [1.54, 1.807) is 0 Å². The maximum Gasteiger partial charge on any atom is 0.315 e. The number of ether oxygens (including phenoxy) is 1. The highest BCUT2D eigenvalue weighted by molar-refractivity contribution is 5.74. The molecule has 2 amide bonds. The summed E-state index contributed by atoms with van der Waals surface area (Å²) in [4.78, 5) is 14.2. The van der Waals surface area contributed by atoms with Crippen molar-refractivity contribution in [1.82, 2.24) is 15.5 Å². The Morgan fingerprint density at radius 1 is 1.39 bits per heavy atom. The normalized spacial score (nSPS) is 26.8. The van der Waals surface area contributed by atoms with Crippen molar-refractivity contribution in [2.75, 3.05) is 32.8 Å². The van der Waals surface area contributed by atoms with E-state index in [-0.39, 0.29) is 12.1 Å². The Hall–Kier alpha value is -0.810. The largest absolute Gasteiger partial charge is 0.379 e. The van der Waals surface area contributed by atoms with Gasteiger partial charge in [-0.1, -0.05) is 6.42 Å². The predicted octanol–water partition coefficient (Wildman–Crippen LogP) is 0.949. The summed E-state index contributed by atoms with van der Waals surface area (Å²) in [6.07, 6.45) is 4.85. The van der Waals surface area contributed by atoms with Crippen LogP contribution in [0.4, 0.5) is 4.79 Å². The molecule has 2 rings (SSSR count). The highest BCUT2D eigenvalue weighted by Gasteiger charge is 2.19. The van der Waals surface area contributed by atoms with Crippen molar-refractivity contribution < 1.29 is 9.53 Å². The molecule has 0 saturated carbocycles. The summed E-state index contributed by atoms with van der Waals surface area (Å²) >= 11 is 0. The second-order valence-electron chi connectivity index (χ2n) is 5.36. The fourth-order valence-electron chi connectivity index (χ4n) is 2.61. The highest BCUT2D eigenvalue weighted by Crippen LogP contribution is 2.11. The second-order valence-corrected chi connectivity index (χ2v) is 5.36. The summed E-state index contributed by atoms with van der Waals surface area (Å²) in [5, 5.41) is 5.90. The van der Waals surface area contributed by atoms with E-state index in [9.17, 15) is 4.79 Å². The number of rotatable bonds is 4. The summed E-state index contributed by atoms with van der Waals surface area (Å²) in [6.45, 7) is 6.65. The van der Waals surface area contributed by atoms with Crippen LogP contribution in [0.15, 0.2) is 0 Å². The molecule has 2 unspecified atom stereocenters. The van der Waals surface area contributed by atoms with Gasteiger partial charge in [-0.25, -0.2) is 4.79 Å². The Morgan fingerprint density at radius 3 is 2.83 bits per heavy atom. The second kappa shape index (κ2) is 6.95. The van der Waals surface area contributed by atoms with E-state index in [2.05, 4.69) is 22.5 Å². The zero-order chi connectivity index (χ0) is 12.8. The van der Waals surface area contributed by atoms with Crippen LogP contribution in [0.25, 0.3) is 0 Å². The Morgan fingerprint density at radius 2 is 2.17 bits per heavy atom. The van der Waals surface area contributed by atoms with Crippen molar-refractivity contribution in [2.24, 2.45) is 0 Å². The molecule has 0 aromatic carbocycles. The maximum absolute atomic E-state index is 11.7. The molecular formula is C13H25N3O2. The molecule has 2 atom stereocenters. The Balaban J connectivity index is 1.61. The third-order valence-corrected chi connectivity index (χ3v) is 3.84. The molecule has 0 spiro atoms. The molecule has 2 fully saturated rings. The number of piperidine rings is 1. The van der Waals surface area contributed by atoms with Crippen molar-refractivity contribution in [1.29, 1.82) is 0 Å². The third-order valence-electron chi connectivity index (χ3n) is 3.84. The number of hydrogen-bond acceptors (Lipinski definition) is 3. The SMILES string of the molecule is CC(CNC(=O)NC1CCOC1)N1CCCCC1. The molecule has 0 bridgehead atoms. The molecule has 0 aromatic rings. The van der Waals surface area contributed by atoms with Gasteiger partial charge >= 0.3 is 6.03 Å². The van der Waals surface area contributed by atoms with E-state index < -0.39 is 0 Å². The monoisotopic (exact) mass is 255 g/mol. The van der Waals surface area contributed by atoms with Crippen LogP contribution in [-0.4, -0.2) is 55.9 Å². The van der Waals surface area contributed by atoms with Gasteiger partial charge in [0.25, 0.3) is 0 Å². The number of hydrogen-bond donors (Lipinski definition) is 2. The van der Waals surface area contributed by atoms with Crippen molar-refractivity contribution in [3.05, 3.63) is 0 Å². The van der Waals surface area contributed by atoms with Crippen LogP contribution in [0.2, 0.25) is 0 Å². The quantitative estimate of drug-likeness (QED) is 0.786. The van der Waals surface area contributed by atoms with Gasteiger partial charge in [-0.2, -0.15) is 0 Å². The van der Waals surface area contributed by atoms with Gasteiger partial charge in [0.1, 0.15) is 0 Å². The van der Waals surface area contributed by atoms with Gasteiger partial charge < -0.3 is 15.4 Å². The lowest BCUT2D eigenvalue weighted by atomic mass is 10.1. The lowest BCUT2D eigenvalue weighted by Gasteiger charge is -2.32. The summed E-state index contributed by atoms with van der Waals surface area (Å²) in [7, 11) is 0. The molecule has 0 aromatic heterocycles. The van der Waals surface area contributed by atoms with Gasteiger partial charge in [-0.15, -0.1) is 0 Å². The van der Waals surface area contributed by atoms with E-state index in [0.29, 0.717) is 12.6 Å². The van der Waals surface area contributed by atoms with Crippen molar-refractivity contribution in [2.45, 2.75) is 44.7 Å². The molecule has 2 aliphatic rings. The fraction of sp³-hybridized carbons (Fsp3) is 0.923. The van der Waals surface area contributed by atoms with E-state index >= 15 is 0 Å². The zero-order valence-corrected chi connectivity index (χ0v) is 11.3. The van der Waals surface area contributed by atoms with Crippen LogP contribution in [0.1, 0.15) is 32.6 Å². The van der Waals surface area contributed by atoms with Crippen molar-refractivity contribution >= 4 is 6.03 Å². The topological polar surface area (TPSA) is 53.6 Å². The highest BCUT2D eigenvalue weighted by atomic mass is 16.5. The van der Waals surface area contributed by atoms with Gasteiger partial charge in [-0.05, 0) is 39.3 Å². The first-order valence-electron chi connectivity index (χ1n) is 7.12. The van der Waals surface area contributed by atoms with E-state index in [1.807, 2.05) is 0 Å². The number of carbonyl (C=O) groups is 1. The van der Waals surface area contributed by atoms with E-state index in [1.165, 1.54) is 32.4 Å². The number of amides is 2. The lowest BCUT2D eigenvalue weighted by Crippen LogP contribution is -2.48. The number of nitrogens with one attached hydrogen (secondary N) is 2. The number of nitrogens with zero attached hydrogens (tertiary/aromatic N) is 1. The molecule has 104 valence electrons. The standard InChI is InChI=1S/C13H25N3O2/c1-11(16-6-3-2-4-7-16)9-14-13(17)15-12-5-8-18-10-12/h11-12H,2-10H2,1H3,(H2,14,15,17). The summed E-state index contributed by atoms with van der Waals surface area (Å²) in [5.74, 6) is 0. The minimum absolute atomic E-state index is 0.0608. The maximum atomic E-state index is 11.7. The fourth-order valence-corrected chi connectivity index (χ4v) is 2.61. The summed E-state index contributed by atoms with van der Waals surface area (Å²) in [6, 6.07) is 0.556. The van der Waals surface area contributed by atoms with Gasteiger partial charge in [0.15, 0.2) is 0 Å². The Labute approximate surface area is 109 Å². The van der Waals surface area contributed by atoms with Crippen LogP contribution in [0, 0.1) is 0 Å². The molecule has 0 radical (unpaired) electrons. The average Bonchev–Trinajstić information content (AvgIpc) is 2.90. The number of urea groups is 1. The van der Waals surface area contributed by atoms with Crippen LogP contribution in [0.3, 0.4) is 0 Å². The molecule has 18 heavy (non-hydrogen) atoms. The van der Waals surface area contributed by atoms with Gasteiger partial charge in [-0.3, -0.25) is 4.90 Å². The predicted molar refractivity (Wildman–Crippen MR) is 70.6 cm³/mol. The molecule has 2 N–H and O–H groups in total. The van der Waals surface area contributed by atoms with Gasteiger partial charge in [0.05, 0.1) is 12.6 Å².